The standard InChI is InChI=1S/C22H18N4O4.C17H15N3O5/c27-19-17-12-23-14-25-20(17)26(30-13-16-9-5-2-6-10-16)22(29)18(19)21(28)24-11-15-7-3-1-4-8-15;1-2-24-17(23)13-14(21)12-8-18-10-19-15(12)20(16(13)22)25-9-11-6-4-3-5-7-11/h1-10,12,14,27H,11,13H2,(H,24,28);3-8,10,21H,2,9H2,1H3. The van der Waals surface area contributed by atoms with Gasteiger partial charge >= 0.3 is 17.1 Å². The number of hydrogen-bond donors (Lipinski definition) is 3. The molecule has 3 aromatic carbocycles. The predicted molar refractivity (Wildman–Crippen MR) is 198 cm³/mol. The second-order valence-corrected chi connectivity index (χ2v) is 11.6. The molecule has 16 heteroatoms. The highest BCUT2D eigenvalue weighted by molar-refractivity contribution is 6.01. The molecule has 7 aromatic rings. The van der Waals surface area contributed by atoms with Crippen LogP contribution in [-0.2, 0) is 24.5 Å². The molecule has 4 heterocycles. The molecule has 0 aliphatic rings. The van der Waals surface area contributed by atoms with Crippen LogP contribution in [0.1, 0.15) is 44.3 Å². The first-order chi connectivity index (χ1) is 26.8. The molecule has 0 radical (unpaired) electrons. The number of nitrogens with one attached hydrogen (secondary N) is 1. The SMILES string of the molecule is CCOC(=O)c1c(O)c2cncnc2n(OCc2ccccc2)c1=O.O=C(NCc1ccccc1)c1c(O)c2cncnc2n(OCc2ccccc2)c1=O. The van der Waals surface area contributed by atoms with Gasteiger partial charge in [-0.05, 0) is 23.6 Å². The van der Waals surface area contributed by atoms with Crippen molar-refractivity contribution < 1.29 is 34.2 Å². The Morgan fingerprint density at radius 3 is 1.56 bits per heavy atom. The Kier molecular flexibility index (Phi) is 11.7. The summed E-state index contributed by atoms with van der Waals surface area (Å²) in [5, 5.41) is 23.8. The third-order valence-corrected chi connectivity index (χ3v) is 7.96. The number of amides is 1. The average molecular weight is 744 g/mol. The first-order valence-electron chi connectivity index (χ1n) is 16.8. The zero-order chi connectivity index (χ0) is 38.7. The molecule has 0 atom stereocenters. The Balaban J connectivity index is 0.000000190. The number of hydrogen-bond acceptors (Lipinski definition) is 13. The van der Waals surface area contributed by atoms with Gasteiger partial charge in [0.25, 0.3) is 5.91 Å². The summed E-state index contributed by atoms with van der Waals surface area (Å²) in [6, 6.07) is 27.7. The number of ether oxygens (including phenoxy) is 1. The average Bonchev–Trinajstić information content (AvgIpc) is 3.21. The van der Waals surface area contributed by atoms with E-state index in [1.807, 2.05) is 91.0 Å². The Labute approximate surface area is 311 Å². The van der Waals surface area contributed by atoms with Gasteiger partial charge in [0.1, 0.15) is 37.4 Å². The smallest absolute Gasteiger partial charge is 0.347 e. The lowest BCUT2D eigenvalue weighted by Gasteiger charge is -2.14. The molecule has 16 nitrogen and oxygen atoms in total. The number of nitrogens with zero attached hydrogens (tertiary/aromatic N) is 6. The number of carbonyl (C=O) groups excluding carboxylic acids is 2. The highest BCUT2D eigenvalue weighted by atomic mass is 16.7. The topological polar surface area (TPSA) is 210 Å². The van der Waals surface area contributed by atoms with Gasteiger partial charge in [0.05, 0.1) is 17.4 Å². The van der Waals surface area contributed by atoms with Crippen LogP contribution in [0.2, 0.25) is 0 Å². The quantitative estimate of drug-likeness (QED) is 0.163. The van der Waals surface area contributed by atoms with Crippen molar-refractivity contribution in [2.24, 2.45) is 0 Å². The highest BCUT2D eigenvalue weighted by Gasteiger charge is 2.26. The monoisotopic (exact) mass is 743 g/mol. The number of rotatable bonds is 11. The second-order valence-electron chi connectivity index (χ2n) is 11.6. The van der Waals surface area contributed by atoms with Gasteiger partial charge in [-0.15, -0.1) is 9.46 Å². The van der Waals surface area contributed by atoms with Gasteiger partial charge in [0.15, 0.2) is 22.4 Å². The van der Waals surface area contributed by atoms with Crippen molar-refractivity contribution >= 4 is 33.9 Å². The summed E-state index contributed by atoms with van der Waals surface area (Å²) in [6.07, 6.45) is 5.07. The van der Waals surface area contributed by atoms with Crippen LogP contribution in [0.4, 0.5) is 0 Å². The molecule has 0 aliphatic heterocycles. The van der Waals surface area contributed by atoms with Crippen LogP contribution in [-0.4, -0.2) is 58.1 Å². The third kappa shape index (κ3) is 8.38. The first kappa shape index (κ1) is 37.1. The van der Waals surface area contributed by atoms with Crippen LogP contribution < -0.4 is 26.1 Å². The normalized spacial score (nSPS) is 10.6. The minimum Gasteiger partial charge on any atom is -0.506 e. The Morgan fingerprint density at radius 1 is 0.655 bits per heavy atom. The molecule has 4 aromatic heterocycles. The summed E-state index contributed by atoms with van der Waals surface area (Å²) in [7, 11) is 0. The summed E-state index contributed by atoms with van der Waals surface area (Å²) in [4.78, 5) is 77.4. The van der Waals surface area contributed by atoms with Gasteiger partial charge in [0.2, 0.25) is 0 Å². The number of esters is 1. The van der Waals surface area contributed by atoms with E-state index >= 15 is 0 Å². The maximum Gasteiger partial charge on any atom is 0.347 e. The molecule has 3 N–H and O–H groups in total. The molecule has 0 saturated heterocycles. The number of fused-ring (bicyclic) bond motifs is 2. The fourth-order valence-electron chi connectivity index (χ4n) is 5.30. The Hall–Kier alpha value is -7.62. The minimum atomic E-state index is -0.937. The fourth-order valence-corrected chi connectivity index (χ4v) is 5.30. The van der Waals surface area contributed by atoms with Crippen LogP contribution in [0.3, 0.4) is 0 Å². The third-order valence-electron chi connectivity index (χ3n) is 7.96. The largest absolute Gasteiger partial charge is 0.506 e. The Morgan fingerprint density at radius 2 is 1.09 bits per heavy atom. The van der Waals surface area contributed by atoms with E-state index in [1.165, 1.54) is 25.0 Å². The fraction of sp³-hybridized carbons (Fsp3) is 0.128. The van der Waals surface area contributed by atoms with Crippen molar-refractivity contribution in [1.82, 2.24) is 34.7 Å². The van der Waals surface area contributed by atoms with Crippen molar-refractivity contribution in [2.75, 3.05) is 6.61 Å². The second kappa shape index (κ2) is 17.3. The molecule has 0 fully saturated rings. The van der Waals surface area contributed by atoms with Crippen LogP contribution in [0.15, 0.2) is 126 Å². The van der Waals surface area contributed by atoms with E-state index in [0.29, 0.717) is 0 Å². The van der Waals surface area contributed by atoms with Crippen LogP contribution >= 0.6 is 0 Å². The zero-order valence-corrected chi connectivity index (χ0v) is 29.2. The van der Waals surface area contributed by atoms with Crippen molar-refractivity contribution in [2.45, 2.75) is 26.7 Å². The molecular weight excluding hydrogens is 710 g/mol. The Bertz CT molecular complexity index is 2570. The molecule has 0 unspecified atom stereocenters. The molecule has 0 saturated carbocycles. The van der Waals surface area contributed by atoms with Gasteiger partial charge in [-0.1, -0.05) is 91.0 Å². The maximum atomic E-state index is 13.0. The van der Waals surface area contributed by atoms with E-state index in [-0.39, 0.29) is 48.4 Å². The molecule has 0 spiro atoms. The highest BCUT2D eigenvalue weighted by Crippen LogP contribution is 2.25. The molecule has 7 rings (SSSR count). The summed E-state index contributed by atoms with van der Waals surface area (Å²) in [6.45, 7) is 2.02. The van der Waals surface area contributed by atoms with E-state index in [0.717, 1.165) is 26.2 Å². The summed E-state index contributed by atoms with van der Waals surface area (Å²) < 4.78 is 6.64. The lowest BCUT2D eigenvalue weighted by Crippen LogP contribution is -2.36. The number of benzene rings is 3. The molecule has 0 bridgehead atoms. The van der Waals surface area contributed by atoms with Crippen molar-refractivity contribution in [1.29, 1.82) is 0 Å². The molecular formula is C39H33N7O9. The van der Waals surface area contributed by atoms with Gasteiger partial charge in [-0.3, -0.25) is 14.4 Å². The summed E-state index contributed by atoms with van der Waals surface area (Å²) >= 11 is 0. The van der Waals surface area contributed by atoms with E-state index in [1.54, 1.807) is 6.92 Å². The molecule has 1 amide bonds. The van der Waals surface area contributed by atoms with Crippen LogP contribution in [0.5, 0.6) is 11.5 Å². The zero-order valence-electron chi connectivity index (χ0n) is 29.2. The number of pyridine rings is 2. The molecule has 278 valence electrons. The van der Waals surface area contributed by atoms with Crippen molar-refractivity contribution in [3.05, 3.63) is 165 Å². The lowest BCUT2D eigenvalue weighted by molar-refractivity contribution is 0.0507. The number of aromatic nitrogens is 6. The molecule has 55 heavy (non-hydrogen) atoms. The van der Waals surface area contributed by atoms with Crippen LogP contribution in [0.25, 0.3) is 22.1 Å². The predicted octanol–water partition coefficient (Wildman–Crippen LogP) is 3.36. The maximum absolute atomic E-state index is 13.0. The van der Waals surface area contributed by atoms with E-state index in [2.05, 4.69) is 25.3 Å². The number of aromatic hydroxyl groups is 2. The molecule has 0 aliphatic carbocycles. The van der Waals surface area contributed by atoms with Crippen molar-refractivity contribution in [3.63, 3.8) is 0 Å². The van der Waals surface area contributed by atoms with Crippen LogP contribution in [0, 0.1) is 0 Å². The van der Waals surface area contributed by atoms with Gasteiger partial charge in [0, 0.05) is 18.9 Å². The lowest BCUT2D eigenvalue weighted by atomic mass is 10.1. The van der Waals surface area contributed by atoms with Crippen molar-refractivity contribution in [3.8, 4) is 11.5 Å². The summed E-state index contributed by atoms with van der Waals surface area (Å²) in [5.41, 5.74) is 0.0357. The first-order valence-corrected chi connectivity index (χ1v) is 16.8. The van der Waals surface area contributed by atoms with Gasteiger partial charge in [-0.2, -0.15) is 0 Å². The van der Waals surface area contributed by atoms with Gasteiger partial charge in [-0.25, -0.2) is 24.7 Å². The van der Waals surface area contributed by atoms with E-state index in [9.17, 15) is 29.4 Å². The van der Waals surface area contributed by atoms with E-state index in [4.69, 9.17) is 14.4 Å². The van der Waals surface area contributed by atoms with E-state index < -0.39 is 45.6 Å². The number of carbonyl (C=O) groups is 2. The minimum absolute atomic E-state index is 0.0569. The summed E-state index contributed by atoms with van der Waals surface area (Å²) in [5.74, 6) is -2.67. The van der Waals surface area contributed by atoms with Gasteiger partial charge < -0.3 is 29.9 Å².